The van der Waals surface area contributed by atoms with Crippen LogP contribution < -0.4 is 5.32 Å². The Bertz CT molecular complexity index is 419. The van der Waals surface area contributed by atoms with Crippen LogP contribution in [-0.4, -0.2) is 22.0 Å². The number of hydrogen-bond acceptors (Lipinski definition) is 4. The van der Waals surface area contributed by atoms with E-state index < -0.39 is 5.97 Å². The van der Waals surface area contributed by atoms with E-state index in [4.69, 9.17) is 11.5 Å². The molecule has 2 N–H and O–H groups in total. The molecule has 5 nitrogen and oxygen atoms in total. The average Bonchev–Trinajstić information content (AvgIpc) is 2.51. The average molecular weight is 224 g/mol. The number of carbonyl (C=O) groups is 2. The van der Waals surface area contributed by atoms with E-state index in [1.807, 2.05) is 0 Å². The number of aliphatic carboxylic acids is 1. The van der Waals surface area contributed by atoms with Gasteiger partial charge in [-0.25, -0.2) is 4.98 Å². The minimum absolute atomic E-state index is 0.0200. The van der Waals surface area contributed by atoms with Crippen LogP contribution in [0.1, 0.15) is 12.1 Å². The lowest BCUT2D eigenvalue weighted by molar-refractivity contribution is -0.136. The van der Waals surface area contributed by atoms with Gasteiger partial charge in [0, 0.05) is 5.38 Å². The van der Waals surface area contributed by atoms with Gasteiger partial charge in [0.05, 0.1) is 18.5 Å². The van der Waals surface area contributed by atoms with Crippen LogP contribution in [0.15, 0.2) is 5.38 Å². The summed E-state index contributed by atoms with van der Waals surface area (Å²) in [4.78, 5) is 25.3. The third-order valence-electron chi connectivity index (χ3n) is 1.39. The number of amides is 1. The van der Waals surface area contributed by atoms with Crippen LogP contribution in [-0.2, 0) is 16.0 Å². The van der Waals surface area contributed by atoms with Crippen LogP contribution >= 0.6 is 11.3 Å². The van der Waals surface area contributed by atoms with Crippen molar-refractivity contribution in [2.75, 3.05) is 5.32 Å². The molecule has 1 aromatic rings. The van der Waals surface area contributed by atoms with Crippen LogP contribution in [0.4, 0.5) is 5.13 Å². The Hall–Kier alpha value is -1.87. The van der Waals surface area contributed by atoms with E-state index in [2.05, 4.69) is 16.2 Å². The summed E-state index contributed by atoms with van der Waals surface area (Å²) in [6, 6.07) is 0. The van der Waals surface area contributed by atoms with Crippen molar-refractivity contribution in [3.05, 3.63) is 11.1 Å². The van der Waals surface area contributed by atoms with E-state index in [9.17, 15) is 9.59 Å². The Kier molecular flexibility index (Phi) is 3.83. The molecule has 0 radical (unpaired) electrons. The first-order valence-corrected chi connectivity index (χ1v) is 4.89. The lowest BCUT2D eigenvalue weighted by Gasteiger charge is -1.95. The molecule has 78 valence electrons. The van der Waals surface area contributed by atoms with E-state index in [0.717, 1.165) is 0 Å². The van der Waals surface area contributed by atoms with Gasteiger partial charge in [0.15, 0.2) is 5.13 Å². The van der Waals surface area contributed by atoms with Gasteiger partial charge < -0.3 is 10.4 Å². The monoisotopic (exact) mass is 224 g/mol. The fraction of sp³-hybridized carbons (Fsp3) is 0.222. The molecule has 0 aliphatic heterocycles. The molecule has 1 heterocycles. The lowest BCUT2D eigenvalue weighted by atomic mass is 10.3. The number of carboxylic acid groups (broad SMARTS) is 1. The van der Waals surface area contributed by atoms with Crippen LogP contribution in [0.2, 0.25) is 0 Å². The fourth-order valence-corrected chi connectivity index (χ4v) is 1.58. The molecule has 0 aliphatic carbocycles. The third-order valence-corrected chi connectivity index (χ3v) is 2.20. The van der Waals surface area contributed by atoms with Gasteiger partial charge >= 0.3 is 5.97 Å². The summed E-state index contributed by atoms with van der Waals surface area (Å²) < 4.78 is 0. The van der Waals surface area contributed by atoms with E-state index in [-0.39, 0.29) is 18.7 Å². The highest BCUT2D eigenvalue weighted by Crippen LogP contribution is 2.15. The molecule has 6 heteroatoms. The number of hydrogen-bond donors (Lipinski definition) is 2. The topological polar surface area (TPSA) is 79.3 Å². The minimum atomic E-state index is -0.957. The van der Waals surface area contributed by atoms with Crippen LogP contribution in [0.25, 0.3) is 0 Å². The molecule has 0 fully saturated rings. The van der Waals surface area contributed by atoms with E-state index >= 15 is 0 Å². The van der Waals surface area contributed by atoms with E-state index in [1.165, 1.54) is 11.3 Å². The first-order chi connectivity index (χ1) is 7.11. The van der Waals surface area contributed by atoms with Crippen molar-refractivity contribution in [3.8, 4) is 12.3 Å². The largest absolute Gasteiger partial charge is 0.481 e. The standard InChI is InChI=1S/C9H8N2O3S/c1-2-3-7(12)11-9-10-6(5-15-9)4-8(13)14/h1,5H,3-4H2,(H,13,14)(H,10,11,12). The van der Waals surface area contributed by atoms with Crippen molar-refractivity contribution in [1.29, 1.82) is 0 Å². The summed E-state index contributed by atoms with van der Waals surface area (Å²) in [5.74, 6) is 0.916. The predicted molar refractivity (Wildman–Crippen MR) is 55.5 cm³/mol. The number of anilines is 1. The second-order valence-electron chi connectivity index (χ2n) is 2.64. The highest BCUT2D eigenvalue weighted by Gasteiger charge is 2.07. The quantitative estimate of drug-likeness (QED) is 0.739. The number of carboxylic acids is 1. The minimum Gasteiger partial charge on any atom is -0.481 e. The van der Waals surface area contributed by atoms with Gasteiger partial charge in [0.25, 0.3) is 0 Å². The van der Waals surface area contributed by atoms with Crippen LogP contribution in [0, 0.1) is 12.3 Å². The highest BCUT2D eigenvalue weighted by molar-refractivity contribution is 7.13. The third kappa shape index (κ3) is 3.79. The Morgan fingerprint density at radius 2 is 2.40 bits per heavy atom. The maximum atomic E-state index is 11.0. The van der Waals surface area contributed by atoms with Crippen molar-refractivity contribution >= 4 is 28.3 Å². The van der Waals surface area contributed by atoms with Gasteiger partial charge in [-0.15, -0.1) is 17.8 Å². The maximum Gasteiger partial charge on any atom is 0.309 e. The van der Waals surface area contributed by atoms with Gasteiger partial charge in [-0.05, 0) is 0 Å². The van der Waals surface area contributed by atoms with Crippen LogP contribution in [0.3, 0.4) is 0 Å². The molecule has 0 aromatic carbocycles. The Morgan fingerprint density at radius 3 is 3.00 bits per heavy atom. The number of carbonyl (C=O) groups excluding carboxylic acids is 1. The van der Waals surface area contributed by atoms with Crippen molar-refractivity contribution < 1.29 is 14.7 Å². The van der Waals surface area contributed by atoms with Gasteiger partial charge in [0.1, 0.15) is 0 Å². The molecule has 1 aromatic heterocycles. The summed E-state index contributed by atoms with van der Waals surface area (Å²) in [6.45, 7) is 0. The Labute approximate surface area is 90.1 Å². The molecule has 1 amide bonds. The first-order valence-electron chi connectivity index (χ1n) is 4.01. The lowest BCUT2D eigenvalue weighted by Crippen LogP contribution is -2.10. The zero-order valence-corrected chi connectivity index (χ0v) is 8.50. The summed E-state index contributed by atoms with van der Waals surface area (Å²) in [6.07, 6.45) is 4.78. The van der Waals surface area contributed by atoms with E-state index in [0.29, 0.717) is 10.8 Å². The van der Waals surface area contributed by atoms with Gasteiger partial charge in [-0.1, -0.05) is 5.92 Å². The number of rotatable bonds is 4. The molecule has 0 unspecified atom stereocenters. The smallest absolute Gasteiger partial charge is 0.309 e. The normalized spacial score (nSPS) is 9.27. The molecule has 1 rings (SSSR count). The van der Waals surface area contributed by atoms with Crippen molar-refractivity contribution in [2.24, 2.45) is 0 Å². The summed E-state index contributed by atoms with van der Waals surface area (Å²) in [5.41, 5.74) is 0.420. The van der Waals surface area contributed by atoms with Crippen molar-refractivity contribution in [1.82, 2.24) is 4.98 Å². The van der Waals surface area contributed by atoms with Crippen molar-refractivity contribution in [3.63, 3.8) is 0 Å². The van der Waals surface area contributed by atoms with E-state index in [1.54, 1.807) is 5.38 Å². The zero-order chi connectivity index (χ0) is 11.3. The van der Waals surface area contributed by atoms with Crippen molar-refractivity contribution in [2.45, 2.75) is 12.8 Å². The summed E-state index contributed by atoms with van der Waals surface area (Å²) in [5, 5.41) is 12.9. The molecule has 15 heavy (non-hydrogen) atoms. The second-order valence-corrected chi connectivity index (χ2v) is 3.50. The molecule has 0 bridgehead atoms. The fourth-order valence-electron chi connectivity index (χ4n) is 0.857. The highest BCUT2D eigenvalue weighted by atomic mass is 32.1. The second kappa shape index (κ2) is 5.12. The predicted octanol–water partition coefficient (Wildman–Crippen LogP) is 0.732. The van der Waals surface area contributed by atoms with Gasteiger partial charge in [0.2, 0.25) is 5.91 Å². The number of aromatic nitrogens is 1. The molecular formula is C9H8N2O3S. The summed E-state index contributed by atoms with van der Waals surface area (Å²) in [7, 11) is 0. The SMILES string of the molecule is C#CCC(=O)Nc1nc(CC(=O)O)cs1. The Morgan fingerprint density at radius 1 is 1.67 bits per heavy atom. The number of terminal acetylenes is 1. The maximum absolute atomic E-state index is 11.0. The van der Waals surface area contributed by atoms with Crippen LogP contribution in [0.5, 0.6) is 0 Å². The Balaban J connectivity index is 2.57. The number of nitrogens with one attached hydrogen (secondary N) is 1. The summed E-state index contributed by atoms with van der Waals surface area (Å²) >= 11 is 1.17. The molecular weight excluding hydrogens is 216 g/mol. The molecule has 0 saturated carbocycles. The first kappa shape index (κ1) is 11.2. The molecule has 0 spiro atoms. The number of thiazole rings is 1. The number of nitrogens with zero attached hydrogens (tertiary/aromatic N) is 1. The molecule has 0 aliphatic rings. The zero-order valence-electron chi connectivity index (χ0n) is 7.69. The molecule has 0 atom stereocenters. The van der Waals surface area contributed by atoms with Gasteiger partial charge in [-0.3, -0.25) is 9.59 Å². The molecule has 0 saturated heterocycles. The van der Waals surface area contributed by atoms with Gasteiger partial charge in [-0.2, -0.15) is 0 Å².